The van der Waals surface area contributed by atoms with Crippen molar-refractivity contribution in [2.24, 2.45) is 0 Å². The Hall–Kier alpha value is -4.21. The SMILES string of the molecule is CS(=O)(=O)CCNCc1ccc(N2C=CC3=CNC=C(Nc4ccc(OCc5ccccc5)cc4)C3=C2)o1. The van der Waals surface area contributed by atoms with Gasteiger partial charge in [0.15, 0.2) is 0 Å². The molecule has 0 saturated heterocycles. The number of rotatable bonds is 11. The van der Waals surface area contributed by atoms with E-state index in [4.69, 9.17) is 9.15 Å². The predicted molar refractivity (Wildman–Crippen MR) is 150 cm³/mol. The van der Waals surface area contributed by atoms with E-state index in [2.05, 4.69) is 16.0 Å². The highest BCUT2D eigenvalue weighted by Gasteiger charge is 2.20. The highest BCUT2D eigenvalue weighted by Crippen LogP contribution is 2.31. The van der Waals surface area contributed by atoms with Crippen LogP contribution >= 0.6 is 0 Å². The average molecular weight is 531 g/mol. The van der Waals surface area contributed by atoms with E-state index in [-0.39, 0.29) is 5.75 Å². The van der Waals surface area contributed by atoms with Crippen LogP contribution in [0.25, 0.3) is 0 Å². The van der Waals surface area contributed by atoms with Crippen molar-refractivity contribution in [3.63, 3.8) is 0 Å². The number of sulfone groups is 1. The molecule has 0 atom stereocenters. The molecule has 1 aromatic heterocycles. The van der Waals surface area contributed by atoms with E-state index in [1.807, 2.05) is 103 Å². The second kappa shape index (κ2) is 11.5. The molecule has 38 heavy (non-hydrogen) atoms. The highest BCUT2D eigenvalue weighted by molar-refractivity contribution is 7.90. The number of ether oxygens (including phenoxy) is 1. The van der Waals surface area contributed by atoms with Crippen LogP contribution in [-0.4, -0.2) is 27.0 Å². The number of benzene rings is 2. The Morgan fingerprint density at radius 3 is 2.61 bits per heavy atom. The summed E-state index contributed by atoms with van der Waals surface area (Å²) >= 11 is 0. The summed E-state index contributed by atoms with van der Waals surface area (Å²) in [7, 11) is -2.99. The third-order valence-corrected chi connectivity index (χ3v) is 6.93. The first-order valence-electron chi connectivity index (χ1n) is 12.3. The van der Waals surface area contributed by atoms with Crippen molar-refractivity contribution >= 4 is 21.4 Å². The normalized spacial score (nSPS) is 14.7. The van der Waals surface area contributed by atoms with Crippen LogP contribution in [0.2, 0.25) is 0 Å². The van der Waals surface area contributed by atoms with Gasteiger partial charge in [-0.1, -0.05) is 30.3 Å². The quantitative estimate of drug-likeness (QED) is 0.309. The number of anilines is 2. The fourth-order valence-corrected chi connectivity index (χ4v) is 4.51. The molecular weight excluding hydrogens is 500 g/mol. The Kier molecular flexibility index (Phi) is 7.67. The zero-order chi connectivity index (χ0) is 26.4. The molecule has 3 N–H and O–H groups in total. The van der Waals surface area contributed by atoms with Gasteiger partial charge in [-0.3, -0.25) is 4.90 Å². The minimum atomic E-state index is -2.99. The highest BCUT2D eigenvalue weighted by atomic mass is 32.2. The van der Waals surface area contributed by atoms with Crippen LogP contribution in [0.15, 0.2) is 119 Å². The molecule has 0 fully saturated rings. The topological polar surface area (TPSA) is 95.8 Å². The molecule has 2 aromatic carbocycles. The van der Waals surface area contributed by atoms with Gasteiger partial charge in [-0.05, 0) is 42.0 Å². The minimum absolute atomic E-state index is 0.0935. The van der Waals surface area contributed by atoms with Crippen LogP contribution in [0, 0.1) is 0 Å². The first-order valence-corrected chi connectivity index (χ1v) is 14.4. The van der Waals surface area contributed by atoms with Crippen LogP contribution in [0.1, 0.15) is 11.3 Å². The van der Waals surface area contributed by atoms with Crippen LogP contribution in [0.4, 0.5) is 11.6 Å². The molecule has 0 bridgehead atoms. The monoisotopic (exact) mass is 530 g/mol. The van der Waals surface area contributed by atoms with E-state index in [9.17, 15) is 8.42 Å². The lowest BCUT2D eigenvalue weighted by Gasteiger charge is -2.26. The van der Waals surface area contributed by atoms with Gasteiger partial charge in [-0.2, -0.15) is 0 Å². The van der Waals surface area contributed by atoms with Gasteiger partial charge in [0.05, 0.1) is 18.0 Å². The lowest BCUT2D eigenvalue weighted by Crippen LogP contribution is -2.21. The van der Waals surface area contributed by atoms with Gasteiger partial charge >= 0.3 is 0 Å². The summed E-state index contributed by atoms with van der Waals surface area (Å²) in [6, 6.07) is 21.8. The smallest absolute Gasteiger partial charge is 0.203 e. The van der Waals surface area contributed by atoms with Gasteiger partial charge in [0.25, 0.3) is 0 Å². The minimum Gasteiger partial charge on any atom is -0.489 e. The Labute approximate surface area is 222 Å². The van der Waals surface area contributed by atoms with Gasteiger partial charge in [0, 0.05) is 60.5 Å². The van der Waals surface area contributed by atoms with Crippen molar-refractivity contribution in [3.05, 3.63) is 126 Å². The van der Waals surface area contributed by atoms with Gasteiger partial charge < -0.3 is 25.1 Å². The molecule has 8 nitrogen and oxygen atoms in total. The molecule has 196 valence electrons. The zero-order valence-corrected chi connectivity index (χ0v) is 21.9. The molecular formula is C29H30N4O4S. The van der Waals surface area contributed by atoms with Gasteiger partial charge in [-0.15, -0.1) is 0 Å². The number of hydrogen-bond donors (Lipinski definition) is 3. The maximum Gasteiger partial charge on any atom is 0.203 e. The van der Waals surface area contributed by atoms with Crippen molar-refractivity contribution in [2.75, 3.05) is 28.8 Å². The Morgan fingerprint density at radius 1 is 1.00 bits per heavy atom. The van der Waals surface area contributed by atoms with Gasteiger partial charge in [0.1, 0.15) is 28.0 Å². The molecule has 0 radical (unpaired) electrons. The number of furan rings is 1. The molecule has 0 saturated carbocycles. The molecule has 2 aliphatic heterocycles. The summed E-state index contributed by atoms with van der Waals surface area (Å²) in [5.41, 5.74) is 5.04. The first kappa shape index (κ1) is 25.4. The molecule has 9 heteroatoms. The van der Waals surface area contributed by atoms with Crippen molar-refractivity contribution in [2.45, 2.75) is 13.2 Å². The molecule has 0 unspecified atom stereocenters. The van der Waals surface area contributed by atoms with Crippen molar-refractivity contribution < 1.29 is 17.6 Å². The number of hydrogen-bond acceptors (Lipinski definition) is 8. The van der Waals surface area contributed by atoms with E-state index in [0.29, 0.717) is 25.6 Å². The number of dihydropyridines is 1. The summed E-state index contributed by atoms with van der Waals surface area (Å²) < 4.78 is 34.5. The maximum atomic E-state index is 11.3. The molecule has 5 rings (SSSR count). The lowest BCUT2D eigenvalue weighted by atomic mass is 10.0. The summed E-state index contributed by atoms with van der Waals surface area (Å²) in [6.45, 7) is 1.36. The molecule has 3 aromatic rings. The zero-order valence-electron chi connectivity index (χ0n) is 21.1. The molecule has 0 spiro atoms. The lowest BCUT2D eigenvalue weighted by molar-refractivity contribution is 0.306. The Bertz CT molecular complexity index is 1490. The number of nitrogens with zero attached hydrogens (tertiary/aromatic N) is 1. The van der Waals surface area contributed by atoms with E-state index >= 15 is 0 Å². The number of fused-ring (bicyclic) bond motifs is 1. The van der Waals surface area contributed by atoms with Crippen LogP contribution in [0.3, 0.4) is 0 Å². The van der Waals surface area contributed by atoms with Crippen molar-refractivity contribution in [3.8, 4) is 5.75 Å². The fraction of sp³-hybridized carbons (Fsp3) is 0.172. The third-order valence-electron chi connectivity index (χ3n) is 5.98. The van der Waals surface area contributed by atoms with E-state index < -0.39 is 9.84 Å². The largest absolute Gasteiger partial charge is 0.489 e. The van der Waals surface area contributed by atoms with Crippen LogP contribution in [-0.2, 0) is 23.0 Å². The Morgan fingerprint density at radius 2 is 1.82 bits per heavy atom. The summed E-state index contributed by atoms with van der Waals surface area (Å²) in [4.78, 5) is 1.92. The Balaban J connectivity index is 1.21. The molecule has 2 aliphatic rings. The second-order valence-corrected chi connectivity index (χ2v) is 11.3. The first-order chi connectivity index (χ1) is 18.4. The van der Waals surface area contributed by atoms with E-state index in [1.54, 1.807) is 0 Å². The predicted octanol–water partition coefficient (Wildman–Crippen LogP) is 4.65. The van der Waals surface area contributed by atoms with E-state index in [0.717, 1.165) is 39.6 Å². The van der Waals surface area contributed by atoms with Crippen molar-refractivity contribution in [1.82, 2.24) is 10.6 Å². The summed E-state index contributed by atoms with van der Waals surface area (Å²) in [6.07, 6.45) is 11.1. The van der Waals surface area contributed by atoms with Crippen LogP contribution < -0.4 is 25.6 Å². The average Bonchev–Trinajstić information content (AvgIpc) is 3.40. The molecule has 0 amide bonds. The molecule has 0 aliphatic carbocycles. The summed E-state index contributed by atoms with van der Waals surface area (Å²) in [5.74, 6) is 2.30. The van der Waals surface area contributed by atoms with E-state index in [1.165, 1.54) is 6.26 Å². The maximum absolute atomic E-state index is 11.3. The van der Waals surface area contributed by atoms with Crippen molar-refractivity contribution in [1.29, 1.82) is 0 Å². The number of allylic oxidation sites excluding steroid dienone is 2. The van der Waals surface area contributed by atoms with Crippen LogP contribution in [0.5, 0.6) is 5.75 Å². The second-order valence-electron chi connectivity index (χ2n) is 9.06. The van der Waals surface area contributed by atoms with Gasteiger partial charge in [-0.25, -0.2) is 8.42 Å². The summed E-state index contributed by atoms with van der Waals surface area (Å²) in [5, 5.41) is 9.80. The third kappa shape index (κ3) is 6.76. The molecule has 3 heterocycles. The number of nitrogens with one attached hydrogen (secondary N) is 3. The fourth-order valence-electron chi connectivity index (χ4n) is 3.99. The van der Waals surface area contributed by atoms with Gasteiger partial charge in [0.2, 0.25) is 5.88 Å². The standard InChI is InChI=1S/C29H30N4O4S/c1-38(34,35)16-14-30-18-26-11-12-29(37-26)33-15-13-23-17-31-19-28(27(23)20-33)32-24-7-9-25(10-8-24)36-21-22-5-3-2-4-6-22/h2-13,15,17,19-20,30-32H,14,16,18,21H2,1H3.